The molecule has 0 fully saturated rings. The van der Waals surface area contributed by atoms with Crippen LogP contribution in [0.1, 0.15) is 26.3 Å². The van der Waals surface area contributed by atoms with Gasteiger partial charge in [-0.1, -0.05) is 17.7 Å². The number of nitrogens with zero attached hydrogens (tertiary/aromatic N) is 2. The molecule has 1 aromatic carbocycles. The van der Waals surface area contributed by atoms with Crippen molar-refractivity contribution in [3.63, 3.8) is 0 Å². The first-order valence-corrected chi connectivity index (χ1v) is 8.52. The lowest BCUT2D eigenvalue weighted by Gasteiger charge is -2.10. The highest BCUT2D eigenvalue weighted by molar-refractivity contribution is 7.90. The summed E-state index contributed by atoms with van der Waals surface area (Å²) in [5, 5.41) is 0. The number of carbonyl (C=O) groups is 1. The number of rotatable bonds is 2. The standard InChI is InChI=1S/C17H18N2O3S/c1-11-5-7-15(8-6-11)23(21,22)19-14(4)18-16-9-10-17(20)13(3)12(16)2/h5-10H,1-4H3. The third-order valence-electron chi connectivity index (χ3n) is 3.56. The third-order valence-corrected chi connectivity index (χ3v) is 4.93. The summed E-state index contributed by atoms with van der Waals surface area (Å²) in [5.74, 6) is 0.0510. The number of aryl methyl sites for hydroxylation is 1. The molecular weight excluding hydrogens is 312 g/mol. The molecule has 2 rings (SSSR count). The lowest BCUT2D eigenvalue weighted by molar-refractivity contribution is -0.111. The van der Waals surface area contributed by atoms with E-state index < -0.39 is 10.0 Å². The van der Waals surface area contributed by atoms with E-state index in [1.165, 1.54) is 25.1 Å². The van der Waals surface area contributed by atoms with Crippen LogP contribution in [0.15, 0.2) is 61.8 Å². The molecule has 0 aromatic heterocycles. The Kier molecular flexibility index (Phi) is 4.75. The first-order valence-electron chi connectivity index (χ1n) is 7.08. The molecule has 0 unspecified atom stereocenters. The van der Waals surface area contributed by atoms with Gasteiger partial charge >= 0.3 is 0 Å². The van der Waals surface area contributed by atoms with E-state index in [2.05, 4.69) is 9.39 Å². The molecule has 0 heterocycles. The summed E-state index contributed by atoms with van der Waals surface area (Å²) in [4.78, 5) is 15.9. The van der Waals surface area contributed by atoms with Gasteiger partial charge in [-0.15, -0.1) is 4.40 Å². The summed E-state index contributed by atoms with van der Waals surface area (Å²) >= 11 is 0. The number of allylic oxidation sites excluding steroid dienone is 4. The second-order valence-electron chi connectivity index (χ2n) is 5.37. The Morgan fingerprint density at radius 3 is 2.17 bits per heavy atom. The quantitative estimate of drug-likeness (QED) is 0.475. The van der Waals surface area contributed by atoms with E-state index in [1.807, 2.05) is 6.92 Å². The topological polar surface area (TPSA) is 75.9 Å². The van der Waals surface area contributed by atoms with E-state index in [-0.39, 0.29) is 16.5 Å². The van der Waals surface area contributed by atoms with Gasteiger partial charge in [-0.25, -0.2) is 4.99 Å². The van der Waals surface area contributed by atoms with Crippen molar-refractivity contribution in [2.75, 3.05) is 0 Å². The number of ketones is 1. The Bertz CT molecular complexity index is 871. The van der Waals surface area contributed by atoms with Crippen LogP contribution in [0.25, 0.3) is 0 Å². The van der Waals surface area contributed by atoms with Gasteiger partial charge in [0.2, 0.25) is 0 Å². The number of aliphatic imine (C=N–C) groups is 1. The molecule has 0 saturated heterocycles. The molecule has 0 aliphatic heterocycles. The lowest BCUT2D eigenvalue weighted by atomic mass is 9.97. The summed E-state index contributed by atoms with van der Waals surface area (Å²) in [6, 6.07) is 6.47. The fraction of sp³-hybridized carbons (Fsp3) is 0.235. The van der Waals surface area contributed by atoms with Crippen molar-refractivity contribution in [2.24, 2.45) is 9.39 Å². The van der Waals surface area contributed by atoms with E-state index in [4.69, 9.17) is 0 Å². The van der Waals surface area contributed by atoms with Crippen LogP contribution in [-0.2, 0) is 14.8 Å². The van der Waals surface area contributed by atoms with E-state index in [0.29, 0.717) is 11.3 Å². The molecule has 0 spiro atoms. The molecule has 5 nitrogen and oxygen atoms in total. The van der Waals surface area contributed by atoms with Crippen molar-refractivity contribution in [1.82, 2.24) is 0 Å². The highest BCUT2D eigenvalue weighted by Gasteiger charge is 2.16. The maximum absolute atomic E-state index is 12.3. The van der Waals surface area contributed by atoms with Crippen LogP contribution in [0.3, 0.4) is 0 Å². The summed E-state index contributed by atoms with van der Waals surface area (Å²) in [6.07, 6.45) is 2.99. The maximum atomic E-state index is 12.3. The first-order chi connectivity index (χ1) is 10.7. The second kappa shape index (κ2) is 6.42. The molecular formula is C17H18N2O3S. The van der Waals surface area contributed by atoms with Crippen molar-refractivity contribution < 1.29 is 13.2 Å². The predicted molar refractivity (Wildman–Crippen MR) is 91.4 cm³/mol. The van der Waals surface area contributed by atoms with Crippen molar-refractivity contribution in [1.29, 1.82) is 0 Å². The Labute approximate surface area is 136 Å². The molecule has 1 aliphatic carbocycles. The van der Waals surface area contributed by atoms with Crippen LogP contribution in [0.5, 0.6) is 0 Å². The third kappa shape index (κ3) is 3.90. The largest absolute Gasteiger partial charge is 0.290 e. The van der Waals surface area contributed by atoms with Gasteiger partial charge in [0.25, 0.3) is 10.0 Å². The number of hydrogen-bond acceptors (Lipinski definition) is 3. The molecule has 0 atom stereocenters. The molecule has 23 heavy (non-hydrogen) atoms. The highest BCUT2D eigenvalue weighted by atomic mass is 32.2. The van der Waals surface area contributed by atoms with Crippen LogP contribution in [0, 0.1) is 6.92 Å². The lowest BCUT2D eigenvalue weighted by Crippen LogP contribution is -2.12. The van der Waals surface area contributed by atoms with Crippen LogP contribution in [-0.4, -0.2) is 25.7 Å². The van der Waals surface area contributed by atoms with Gasteiger partial charge in [0, 0.05) is 5.57 Å². The van der Waals surface area contributed by atoms with Crippen molar-refractivity contribution in [2.45, 2.75) is 32.6 Å². The minimum atomic E-state index is -3.80. The van der Waals surface area contributed by atoms with Crippen LogP contribution < -0.4 is 0 Å². The highest BCUT2D eigenvalue weighted by Crippen LogP contribution is 2.16. The predicted octanol–water partition coefficient (Wildman–Crippen LogP) is 3.02. The van der Waals surface area contributed by atoms with Crippen molar-refractivity contribution in [3.05, 3.63) is 53.1 Å². The molecule has 1 aromatic rings. The first kappa shape index (κ1) is 17.0. The minimum absolute atomic E-state index is 0.0664. The summed E-state index contributed by atoms with van der Waals surface area (Å²) in [5.41, 5.74) is 2.83. The van der Waals surface area contributed by atoms with E-state index in [1.54, 1.807) is 32.1 Å². The van der Waals surface area contributed by atoms with Gasteiger partial charge in [-0.05, 0) is 57.6 Å². The zero-order valence-corrected chi connectivity index (χ0v) is 14.3. The van der Waals surface area contributed by atoms with Gasteiger partial charge in [-0.3, -0.25) is 4.79 Å². The normalized spacial score (nSPS) is 18.0. The van der Waals surface area contributed by atoms with Crippen LogP contribution >= 0.6 is 0 Å². The molecule has 0 radical (unpaired) electrons. The van der Waals surface area contributed by atoms with Gasteiger partial charge in [0.1, 0.15) is 5.84 Å². The monoisotopic (exact) mass is 330 g/mol. The smallest absolute Gasteiger partial charge is 0.283 e. The number of hydrogen-bond donors (Lipinski definition) is 0. The average Bonchev–Trinajstić information content (AvgIpc) is 2.48. The number of amidine groups is 1. The molecule has 120 valence electrons. The fourth-order valence-electron chi connectivity index (χ4n) is 2.03. The van der Waals surface area contributed by atoms with Crippen molar-refractivity contribution in [3.8, 4) is 0 Å². The van der Waals surface area contributed by atoms with Gasteiger partial charge in [0.15, 0.2) is 5.78 Å². The van der Waals surface area contributed by atoms with Gasteiger partial charge in [-0.2, -0.15) is 8.42 Å². The van der Waals surface area contributed by atoms with Gasteiger partial charge < -0.3 is 0 Å². The molecule has 1 aliphatic rings. The minimum Gasteiger partial charge on any atom is -0.290 e. The Hall–Kier alpha value is -2.34. The zero-order valence-electron chi connectivity index (χ0n) is 13.5. The zero-order chi connectivity index (χ0) is 17.2. The fourth-order valence-corrected chi connectivity index (χ4v) is 3.01. The molecule has 0 amide bonds. The molecule has 0 bridgehead atoms. The van der Waals surface area contributed by atoms with E-state index in [0.717, 1.165) is 11.1 Å². The van der Waals surface area contributed by atoms with Crippen LogP contribution in [0.4, 0.5) is 0 Å². The molecule has 0 saturated carbocycles. The summed E-state index contributed by atoms with van der Waals surface area (Å²) in [6.45, 7) is 6.89. The number of carbonyl (C=O) groups excluding carboxylic acids is 1. The Morgan fingerprint density at radius 2 is 1.57 bits per heavy atom. The van der Waals surface area contributed by atoms with Crippen LogP contribution in [0.2, 0.25) is 0 Å². The maximum Gasteiger partial charge on any atom is 0.283 e. The second-order valence-corrected chi connectivity index (χ2v) is 6.98. The van der Waals surface area contributed by atoms with Gasteiger partial charge in [0.05, 0.1) is 10.6 Å². The summed E-state index contributed by atoms with van der Waals surface area (Å²) in [7, 11) is -3.80. The molecule has 0 N–H and O–H groups in total. The average molecular weight is 330 g/mol. The van der Waals surface area contributed by atoms with E-state index in [9.17, 15) is 13.2 Å². The van der Waals surface area contributed by atoms with Crippen molar-refractivity contribution >= 4 is 27.4 Å². The number of benzene rings is 1. The molecule has 6 heteroatoms. The van der Waals surface area contributed by atoms with E-state index >= 15 is 0 Å². The number of sulfonamides is 1. The SMILES string of the molecule is CC(=NS(=O)(=O)c1ccc(C)cc1)N=C1C=CC(=O)C(C)=C1C. The Morgan fingerprint density at radius 1 is 0.957 bits per heavy atom. The summed E-state index contributed by atoms with van der Waals surface area (Å²) < 4.78 is 28.2. The Balaban J connectivity index is 2.37.